The monoisotopic (exact) mass is 651 g/mol. The SMILES string of the molecule is O=S(=O)(O)CCCCN1C=C(Cl)C=c2s/c(=C\C=C\c3nc4c(cc(Cl)c[n+]4CCCCS(=O)(=O)O)s3)nc21. The first-order chi connectivity index (χ1) is 18.4. The number of hydrogen-bond donors (Lipinski definition) is 2. The summed E-state index contributed by atoms with van der Waals surface area (Å²) in [6.07, 6.45) is 12.6. The average Bonchev–Trinajstić information content (AvgIpc) is 3.41. The number of allylic oxidation sites excluding steroid dienone is 2. The second-order valence-corrected chi connectivity index (χ2v) is 14.8. The van der Waals surface area contributed by atoms with Gasteiger partial charge >= 0.3 is 5.65 Å². The molecule has 0 saturated heterocycles. The zero-order chi connectivity index (χ0) is 28.2. The van der Waals surface area contributed by atoms with Crippen molar-refractivity contribution in [3.8, 4) is 0 Å². The number of hydrogen-bond acceptors (Lipinski definition) is 9. The molecule has 4 heterocycles. The van der Waals surface area contributed by atoms with Crippen LogP contribution in [0.4, 0.5) is 5.82 Å². The van der Waals surface area contributed by atoms with E-state index in [1.165, 1.54) is 22.7 Å². The Morgan fingerprint density at radius 1 is 1.00 bits per heavy atom. The zero-order valence-electron chi connectivity index (χ0n) is 20.4. The number of rotatable bonds is 12. The van der Waals surface area contributed by atoms with Crippen LogP contribution in [-0.4, -0.2) is 54.0 Å². The molecule has 210 valence electrons. The molecule has 1 aliphatic rings. The van der Waals surface area contributed by atoms with E-state index in [-0.39, 0.29) is 11.5 Å². The van der Waals surface area contributed by atoms with Crippen molar-refractivity contribution < 1.29 is 30.5 Å². The first kappa shape index (κ1) is 30.1. The number of unbranched alkanes of at least 4 members (excludes halogenated alkanes) is 2. The molecule has 10 nitrogen and oxygen atoms in total. The van der Waals surface area contributed by atoms with Gasteiger partial charge in [-0.2, -0.15) is 16.8 Å². The summed E-state index contributed by atoms with van der Waals surface area (Å²) in [6.45, 7) is 1.02. The van der Waals surface area contributed by atoms with Crippen LogP contribution in [0.25, 0.3) is 28.6 Å². The molecule has 0 aromatic carbocycles. The maximum Gasteiger partial charge on any atom is 0.342 e. The Kier molecular flexibility index (Phi) is 9.81. The van der Waals surface area contributed by atoms with E-state index in [0.717, 1.165) is 30.4 Å². The van der Waals surface area contributed by atoms with E-state index < -0.39 is 20.2 Å². The molecule has 0 atom stereocenters. The highest BCUT2D eigenvalue weighted by Crippen LogP contribution is 2.24. The van der Waals surface area contributed by atoms with Gasteiger partial charge in [0.15, 0.2) is 5.82 Å². The van der Waals surface area contributed by atoms with Crippen LogP contribution < -0.4 is 18.7 Å². The predicted molar refractivity (Wildman–Crippen MR) is 157 cm³/mol. The summed E-state index contributed by atoms with van der Waals surface area (Å²) in [5, 5.41) is 1.85. The molecule has 1 aliphatic heterocycles. The van der Waals surface area contributed by atoms with E-state index in [1.54, 1.807) is 12.4 Å². The summed E-state index contributed by atoms with van der Waals surface area (Å²) >= 11 is 15.5. The van der Waals surface area contributed by atoms with Crippen molar-refractivity contribution in [1.82, 2.24) is 9.97 Å². The van der Waals surface area contributed by atoms with Crippen molar-refractivity contribution in [2.75, 3.05) is 23.0 Å². The maximum absolute atomic E-state index is 11.0. The minimum absolute atomic E-state index is 0.288. The third-order valence-electron chi connectivity index (χ3n) is 5.52. The van der Waals surface area contributed by atoms with E-state index in [1.807, 2.05) is 39.8 Å². The highest BCUT2D eigenvalue weighted by molar-refractivity contribution is 7.86. The summed E-state index contributed by atoms with van der Waals surface area (Å²) in [6, 6.07) is 1.83. The first-order valence-corrected chi connectivity index (χ1v) is 17.4. The maximum atomic E-state index is 11.0. The van der Waals surface area contributed by atoms with Crippen molar-refractivity contribution in [3.05, 3.63) is 48.8 Å². The van der Waals surface area contributed by atoms with Crippen LogP contribution in [0.5, 0.6) is 0 Å². The van der Waals surface area contributed by atoms with Crippen LogP contribution >= 0.6 is 45.9 Å². The molecular formula is C23H25Cl2N4O6S4+. The third-order valence-corrected chi connectivity index (χ3v) is 9.46. The number of fused-ring (bicyclic) bond motifs is 2. The van der Waals surface area contributed by atoms with Gasteiger partial charge in [0.25, 0.3) is 20.2 Å². The Bertz CT molecular complexity index is 1770. The molecule has 0 amide bonds. The average molecular weight is 653 g/mol. The van der Waals surface area contributed by atoms with Gasteiger partial charge < -0.3 is 4.90 Å². The van der Waals surface area contributed by atoms with Crippen LogP contribution in [0.3, 0.4) is 0 Å². The number of anilines is 1. The molecule has 3 aromatic rings. The fourth-order valence-corrected chi connectivity index (χ4v) is 7.46. The van der Waals surface area contributed by atoms with Crippen molar-refractivity contribution in [3.63, 3.8) is 0 Å². The first-order valence-electron chi connectivity index (χ1n) is 11.8. The summed E-state index contributed by atoms with van der Waals surface area (Å²) < 4.78 is 66.1. The van der Waals surface area contributed by atoms with Gasteiger partial charge in [0.2, 0.25) is 5.01 Å². The minimum Gasteiger partial charge on any atom is -0.330 e. The van der Waals surface area contributed by atoms with E-state index in [4.69, 9.17) is 32.3 Å². The van der Waals surface area contributed by atoms with Crippen molar-refractivity contribution in [2.45, 2.75) is 32.2 Å². The number of aryl methyl sites for hydroxylation is 1. The molecule has 4 rings (SSSR count). The van der Waals surface area contributed by atoms with Crippen LogP contribution in [0.2, 0.25) is 5.02 Å². The molecule has 0 radical (unpaired) electrons. The summed E-state index contributed by atoms with van der Waals surface area (Å²) in [7, 11) is -7.97. The summed E-state index contributed by atoms with van der Waals surface area (Å²) in [5.41, 5.74) is 0.737. The molecule has 0 fully saturated rings. The van der Waals surface area contributed by atoms with Gasteiger partial charge in [0.05, 0.1) is 32.6 Å². The molecular weight excluding hydrogens is 627 g/mol. The van der Waals surface area contributed by atoms with Gasteiger partial charge in [-0.1, -0.05) is 40.6 Å². The Morgan fingerprint density at radius 3 is 2.44 bits per heavy atom. The molecule has 0 aliphatic carbocycles. The highest BCUT2D eigenvalue weighted by Gasteiger charge is 2.18. The molecule has 16 heteroatoms. The minimum atomic E-state index is -3.98. The summed E-state index contributed by atoms with van der Waals surface area (Å²) in [5.74, 6) is 0.162. The van der Waals surface area contributed by atoms with Crippen LogP contribution in [0.1, 0.15) is 30.7 Å². The van der Waals surface area contributed by atoms with E-state index in [0.29, 0.717) is 48.8 Å². The van der Waals surface area contributed by atoms with Gasteiger partial charge in [0, 0.05) is 18.8 Å². The van der Waals surface area contributed by atoms with Crippen molar-refractivity contribution in [1.29, 1.82) is 0 Å². The van der Waals surface area contributed by atoms with E-state index in [2.05, 4.69) is 9.97 Å². The fourth-order valence-electron chi connectivity index (χ4n) is 3.86. The Hall–Kier alpha value is -1.91. The van der Waals surface area contributed by atoms with Gasteiger partial charge in [-0.05, 0) is 48.9 Å². The lowest BCUT2D eigenvalue weighted by molar-refractivity contribution is -0.673. The van der Waals surface area contributed by atoms with Crippen molar-refractivity contribution >= 4 is 101 Å². The molecule has 0 saturated carbocycles. The fraction of sp³-hybridized carbons (Fsp3) is 0.348. The van der Waals surface area contributed by atoms with Crippen LogP contribution in [-0.2, 0) is 26.8 Å². The molecule has 0 bridgehead atoms. The van der Waals surface area contributed by atoms with Gasteiger partial charge in [-0.3, -0.25) is 9.11 Å². The second-order valence-electron chi connectivity index (χ2n) is 8.70. The normalized spacial score (nSPS) is 14.7. The zero-order valence-corrected chi connectivity index (χ0v) is 25.2. The number of pyridine rings is 1. The smallest absolute Gasteiger partial charge is 0.330 e. The second kappa shape index (κ2) is 12.7. The van der Waals surface area contributed by atoms with Crippen LogP contribution in [0, 0.1) is 0 Å². The topological polar surface area (TPSA) is 142 Å². The Morgan fingerprint density at radius 2 is 1.72 bits per heavy atom. The number of nitrogens with zero attached hydrogens (tertiary/aromatic N) is 4. The Balaban J connectivity index is 1.47. The lowest BCUT2D eigenvalue weighted by atomic mass is 10.3. The number of thiazole rings is 2. The van der Waals surface area contributed by atoms with Gasteiger partial charge in [-0.25, -0.2) is 9.55 Å². The molecule has 3 aromatic heterocycles. The standard InChI is InChI=1S/C23H24Cl2N4O6S4/c24-16-12-18-22(28(14-16)8-1-3-10-38(30,31)32)26-20(36-18)6-5-7-21-27-23-19(37-21)13-17(25)15-29(23)9-2-4-11-39(33,34)35/h5-7,12-15H,1-4,8-11H2,(H-,30,31,32,33,34,35)/p+1. The molecule has 0 unspecified atom stereocenters. The third kappa shape index (κ3) is 9.05. The summed E-state index contributed by atoms with van der Waals surface area (Å²) in [4.78, 5) is 11.3. The molecule has 0 spiro atoms. The number of aromatic nitrogens is 3. The van der Waals surface area contributed by atoms with E-state index >= 15 is 0 Å². The highest BCUT2D eigenvalue weighted by atomic mass is 35.5. The lowest BCUT2D eigenvalue weighted by Crippen LogP contribution is -2.34. The number of halogens is 2. The van der Waals surface area contributed by atoms with Gasteiger partial charge in [-0.15, -0.1) is 11.3 Å². The van der Waals surface area contributed by atoms with Crippen molar-refractivity contribution in [2.24, 2.45) is 0 Å². The lowest BCUT2D eigenvalue weighted by Gasteiger charge is -2.20. The van der Waals surface area contributed by atoms with E-state index in [9.17, 15) is 16.8 Å². The molecule has 2 N–H and O–H groups in total. The molecule has 39 heavy (non-hydrogen) atoms. The van der Waals surface area contributed by atoms with Crippen LogP contribution in [0.15, 0.2) is 29.6 Å². The predicted octanol–water partition coefficient (Wildman–Crippen LogP) is 3.20. The quantitative estimate of drug-likeness (QED) is 0.171. The Labute approximate surface area is 243 Å². The van der Waals surface area contributed by atoms with Gasteiger partial charge in [0.1, 0.15) is 15.6 Å². The largest absolute Gasteiger partial charge is 0.342 e.